The minimum atomic E-state index is -2.15. The molecule has 40 heavy (non-hydrogen) atoms. The standard InChI is InChI=1S/C21H41N7O12/c1-5-21(36,4-30)16(40-17-9(26-2)13(34)10(31)6(3-29)38-17)18(37-5)39-15-8(28-20(24)25)11(32)7(27-19(22)23)12(33)14(15)35/h5-18,26,29-36H,3-4H2,1-2H3,(H4,22,23,27)(H4,24,25,28)/t5-,6-,7+,8-,9-,10-,11+,12-,13-,14+,15+,16-,17-,18-,21+/m1/s1. The number of hydrogen-bond acceptors (Lipinski definition) is 15. The zero-order valence-corrected chi connectivity index (χ0v) is 21.9. The monoisotopic (exact) mass is 583 g/mol. The smallest absolute Gasteiger partial charge is 0.187 e. The van der Waals surface area contributed by atoms with Gasteiger partial charge in [0.2, 0.25) is 0 Å². The lowest BCUT2D eigenvalue weighted by molar-refractivity contribution is -0.317. The zero-order valence-electron chi connectivity index (χ0n) is 21.9. The SMILES string of the molecule is CN[C@H]1[C@@H](O[C@@H]2[C@@H](O[C@@H]3[C@@H](O)[C@H](O)[C@@H](N=C(N)N)[C@H](O)[C@H]3N=C(N)N)O[C@H](C)[C@@]2(O)CO)O[C@H](CO)[C@@H](O)[C@@H]1O. The van der Waals surface area contributed by atoms with Crippen molar-refractivity contribution in [2.75, 3.05) is 20.3 Å². The fraction of sp³-hybridized carbons (Fsp3) is 0.905. The van der Waals surface area contributed by atoms with Crippen molar-refractivity contribution in [1.82, 2.24) is 5.32 Å². The number of aliphatic hydroxyl groups is 8. The van der Waals surface area contributed by atoms with Gasteiger partial charge in [0.15, 0.2) is 24.5 Å². The third kappa shape index (κ3) is 6.11. The Morgan fingerprint density at radius 3 is 1.95 bits per heavy atom. The van der Waals surface area contributed by atoms with E-state index < -0.39 is 116 Å². The van der Waals surface area contributed by atoms with E-state index in [-0.39, 0.29) is 0 Å². The van der Waals surface area contributed by atoms with E-state index >= 15 is 0 Å². The summed E-state index contributed by atoms with van der Waals surface area (Å²) in [6, 6.07) is -4.00. The van der Waals surface area contributed by atoms with Gasteiger partial charge in [0.05, 0.1) is 25.4 Å². The van der Waals surface area contributed by atoms with Gasteiger partial charge in [-0.15, -0.1) is 0 Å². The molecule has 3 aliphatic rings. The van der Waals surface area contributed by atoms with E-state index in [1.54, 1.807) is 0 Å². The lowest BCUT2D eigenvalue weighted by Crippen LogP contribution is -2.66. The van der Waals surface area contributed by atoms with Gasteiger partial charge >= 0.3 is 0 Å². The Balaban J connectivity index is 1.96. The van der Waals surface area contributed by atoms with Gasteiger partial charge < -0.3 is 88.1 Å². The molecule has 2 aliphatic heterocycles. The van der Waals surface area contributed by atoms with Gasteiger partial charge in [-0.2, -0.15) is 0 Å². The van der Waals surface area contributed by atoms with E-state index in [9.17, 15) is 40.9 Å². The molecule has 15 atom stereocenters. The molecule has 0 radical (unpaired) electrons. The molecule has 2 saturated heterocycles. The molecule has 1 aliphatic carbocycles. The molecular weight excluding hydrogens is 542 g/mol. The van der Waals surface area contributed by atoms with Crippen LogP contribution in [0.1, 0.15) is 6.92 Å². The van der Waals surface area contributed by atoms with Crippen LogP contribution in [0.3, 0.4) is 0 Å². The second-order valence-electron chi connectivity index (χ2n) is 10.0. The van der Waals surface area contributed by atoms with Gasteiger partial charge in [-0.05, 0) is 14.0 Å². The van der Waals surface area contributed by atoms with Crippen LogP contribution in [-0.4, -0.2) is 164 Å². The molecule has 17 N–H and O–H groups in total. The number of nitrogens with one attached hydrogen (secondary N) is 1. The first-order valence-corrected chi connectivity index (χ1v) is 12.5. The van der Waals surface area contributed by atoms with Gasteiger partial charge in [-0.3, -0.25) is 0 Å². The van der Waals surface area contributed by atoms with E-state index in [0.29, 0.717) is 0 Å². The quantitative estimate of drug-likeness (QED) is 0.0884. The van der Waals surface area contributed by atoms with Crippen LogP contribution in [0, 0.1) is 0 Å². The molecule has 3 rings (SSSR count). The predicted octanol–water partition coefficient (Wildman–Crippen LogP) is -8.37. The third-order valence-corrected chi connectivity index (χ3v) is 7.49. The van der Waals surface area contributed by atoms with Crippen LogP contribution in [-0.2, 0) is 18.9 Å². The average molecular weight is 584 g/mol. The number of rotatable bonds is 9. The minimum Gasteiger partial charge on any atom is -0.394 e. The van der Waals surface area contributed by atoms with Crippen LogP contribution in [0.15, 0.2) is 9.98 Å². The Hall–Kier alpha value is -1.98. The van der Waals surface area contributed by atoms with E-state index in [0.717, 1.165) is 0 Å². The number of aliphatic imine (C=N–C) groups is 2. The summed E-state index contributed by atoms with van der Waals surface area (Å²) in [5.41, 5.74) is 19.7. The van der Waals surface area contributed by atoms with E-state index in [1.165, 1.54) is 14.0 Å². The number of nitrogens with two attached hydrogens (primary N) is 4. The summed E-state index contributed by atoms with van der Waals surface area (Å²) in [5, 5.41) is 87.0. The molecule has 0 aromatic heterocycles. The molecule has 19 nitrogen and oxygen atoms in total. The molecular formula is C21H41N7O12. The largest absolute Gasteiger partial charge is 0.394 e. The second kappa shape index (κ2) is 12.9. The summed E-state index contributed by atoms with van der Waals surface area (Å²) in [4.78, 5) is 7.66. The fourth-order valence-electron chi connectivity index (χ4n) is 5.17. The number of likely N-dealkylation sites (N-methyl/N-ethyl adjacent to an activating group) is 1. The van der Waals surface area contributed by atoms with E-state index in [1.807, 2.05) is 0 Å². The van der Waals surface area contributed by atoms with Gasteiger partial charge in [-0.1, -0.05) is 0 Å². The van der Waals surface area contributed by atoms with Crippen molar-refractivity contribution < 1.29 is 59.8 Å². The predicted molar refractivity (Wildman–Crippen MR) is 134 cm³/mol. The molecule has 0 aromatic rings. The van der Waals surface area contributed by atoms with Crippen LogP contribution < -0.4 is 28.3 Å². The molecule has 19 heteroatoms. The number of aliphatic hydroxyl groups excluding tert-OH is 7. The fourth-order valence-corrected chi connectivity index (χ4v) is 5.17. The first-order valence-electron chi connectivity index (χ1n) is 12.5. The highest BCUT2D eigenvalue weighted by Gasteiger charge is 2.60. The maximum atomic E-state index is 11.3. The van der Waals surface area contributed by atoms with Gasteiger partial charge in [0.1, 0.15) is 66.5 Å². The van der Waals surface area contributed by atoms with Gasteiger partial charge in [-0.25, -0.2) is 9.98 Å². The minimum absolute atomic E-state index is 0.493. The van der Waals surface area contributed by atoms with Crippen molar-refractivity contribution in [3.63, 3.8) is 0 Å². The summed E-state index contributed by atoms with van der Waals surface area (Å²) in [6.07, 6.45) is -16.9. The van der Waals surface area contributed by atoms with Gasteiger partial charge in [0, 0.05) is 0 Å². The topological polar surface area (TPSA) is 340 Å². The van der Waals surface area contributed by atoms with Crippen LogP contribution in [0.5, 0.6) is 0 Å². The second-order valence-corrected chi connectivity index (χ2v) is 10.0. The van der Waals surface area contributed by atoms with Crippen molar-refractivity contribution in [2.24, 2.45) is 32.9 Å². The van der Waals surface area contributed by atoms with Crippen LogP contribution in [0.4, 0.5) is 0 Å². The maximum absolute atomic E-state index is 11.3. The Kier molecular flexibility index (Phi) is 10.5. The van der Waals surface area contributed by atoms with Crippen molar-refractivity contribution in [3.8, 4) is 0 Å². The molecule has 2 heterocycles. The normalized spacial score (nSPS) is 47.5. The van der Waals surface area contributed by atoms with Crippen molar-refractivity contribution in [1.29, 1.82) is 0 Å². The molecule has 0 bridgehead atoms. The highest BCUT2D eigenvalue weighted by atomic mass is 16.8. The molecule has 3 fully saturated rings. The zero-order chi connectivity index (χ0) is 30.1. The first kappa shape index (κ1) is 32.5. The maximum Gasteiger partial charge on any atom is 0.187 e. The lowest BCUT2D eigenvalue weighted by Gasteiger charge is -2.45. The van der Waals surface area contributed by atoms with E-state index in [4.69, 9.17) is 41.9 Å². The molecule has 0 unspecified atom stereocenters. The average Bonchev–Trinajstić information content (AvgIpc) is 3.13. The van der Waals surface area contributed by atoms with Crippen LogP contribution >= 0.6 is 0 Å². The summed E-state index contributed by atoms with van der Waals surface area (Å²) < 4.78 is 23.2. The summed E-state index contributed by atoms with van der Waals surface area (Å²) in [6.45, 7) is -0.199. The Bertz CT molecular complexity index is 911. The summed E-state index contributed by atoms with van der Waals surface area (Å²) in [7, 11) is 1.44. The summed E-state index contributed by atoms with van der Waals surface area (Å²) >= 11 is 0. The van der Waals surface area contributed by atoms with Gasteiger partial charge in [0.25, 0.3) is 0 Å². The molecule has 1 saturated carbocycles. The number of ether oxygens (including phenoxy) is 4. The molecule has 0 spiro atoms. The van der Waals surface area contributed by atoms with Crippen molar-refractivity contribution in [2.45, 2.75) is 98.2 Å². The molecule has 0 aromatic carbocycles. The number of hydrogen-bond donors (Lipinski definition) is 13. The van der Waals surface area contributed by atoms with Crippen molar-refractivity contribution >= 4 is 11.9 Å². The molecule has 232 valence electrons. The number of guanidine groups is 2. The Labute approximate surface area is 229 Å². The third-order valence-electron chi connectivity index (χ3n) is 7.49. The van der Waals surface area contributed by atoms with Crippen molar-refractivity contribution in [3.05, 3.63) is 0 Å². The Morgan fingerprint density at radius 2 is 1.43 bits per heavy atom. The highest BCUT2D eigenvalue weighted by Crippen LogP contribution is 2.39. The highest BCUT2D eigenvalue weighted by molar-refractivity contribution is 5.76. The molecule has 0 amide bonds. The lowest BCUT2D eigenvalue weighted by atomic mass is 9.81. The number of nitrogens with zero attached hydrogens (tertiary/aromatic N) is 2. The van der Waals surface area contributed by atoms with Crippen LogP contribution in [0.25, 0.3) is 0 Å². The first-order chi connectivity index (χ1) is 18.7. The van der Waals surface area contributed by atoms with E-state index in [2.05, 4.69) is 15.3 Å². The Morgan fingerprint density at radius 1 is 0.825 bits per heavy atom. The summed E-state index contributed by atoms with van der Waals surface area (Å²) in [5.74, 6) is -1.01. The van der Waals surface area contributed by atoms with Crippen LogP contribution in [0.2, 0.25) is 0 Å².